The molecule has 0 saturated heterocycles. The van der Waals surface area contributed by atoms with Gasteiger partial charge in [-0.2, -0.15) is 0 Å². The molecule has 1 saturated carbocycles. The van der Waals surface area contributed by atoms with Crippen molar-refractivity contribution in [2.45, 2.75) is 39.3 Å². The monoisotopic (exact) mass is 467 g/mol. The minimum Gasteiger partial charge on any atom is -0.462 e. The predicted molar refractivity (Wildman–Crippen MR) is 136 cm³/mol. The van der Waals surface area contributed by atoms with E-state index < -0.39 is 0 Å². The van der Waals surface area contributed by atoms with E-state index in [1.165, 1.54) is 0 Å². The van der Waals surface area contributed by atoms with Crippen molar-refractivity contribution >= 4 is 22.9 Å². The fraction of sp³-hybridized carbons (Fsp3) is 0.276. The maximum absolute atomic E-state index is 13.2. The Morgan fingerprint density at radius 3 is 2.43 bits per heavy atom. The molecule has 6 nitrogen and oxygen atoms in total. The number of carbonyl (C=O) groups is 2. The molecule has 0 aliphatic heterocycles. The summed E-state index contributed by atoms with van der Waals surface area (Å²) in [6, 6.07) is 23.9. The summed E-state index contributed by atoms with van der Waals surface area (Å²) in [7, 11) is 0. The molecular formula is C29H29N3O3. The molecule has 1 aliphatic rings. The van der Waals surface area contributed by atoms with Gasteiger partial charge in [0.2, 0.25) is 0 Å². The first-order valence-corrected chi connectivity index (χ1v) is 12.2. The average molecular weight is 468 g/mol. The largest absolute Gasteiger partial charge is 0.462 e. The number of hydrogen-bond donors (Lipinski definition) is 1. The summed E-state index contributed by atoms with van der Waals surface area (Å²) in [5, 5.41) is 3.12. The summed E-state index contributed by atoms with van der Waals surface area (Å²) < 4.78 is 7.08. The number of fused-ring (bicyclic) bond motifs is 1. The van der Waals surface area contributed by atoms with Crippen molar-refractivity contribution in [3.05, 3.63) is 89.7 Å². The number of hydrogen-bond acceptors (Lipinski definition) is 4. The normalized spacial score (nSPS) is 14.0. The molecule has 1 aliphatic carbocycles. The smallest absolute Gasteiger partial charge is 0.338 e. The second-order valence-corrected chi connectivity index (χ2v) is 9.11. The number of ether oxygens (including phenoxy) is 1. The van der Waals surface area contributed by atoms with Gasteiger partial charge in [0, 0.05) is 12.6 Å². The number of esters is 1. The Bertz CT molecular complexity index is 1360. The molecule has 1 atom stereocenters. The maximum Gasteiger partial charge on any atom is 0.338 e. The van der Waals surface area contributed by atoms with E-state index >= 15 is 0 Å². The van der Waals surface area contributed by atoms with Crippen LogP contribution in [0.25, 0.3) is 22.2 Å². The molecule has 35 heavy (non-hydrogen) atoms. The van der Waals surface area contributed by atoms with Gasteiger partial charge in [0.05, 0.1) is 23.2 Å². The Balaban J connectivity index is 1.50. The minimum atomic E-state index is -0.386. The van der Waals surface area contributed by atoms with E-state index in [-0.39, 0.29) is 17.9 Å². The summed E-state index contributed by atoms with van der Waals surface area (Å²) in [5.74, 6) is 0.306. The van der Waals surface area contributed by atoms with Crippen molar-refractivity contribution < 1.29 is 14.3 Å². The fourth-order valence-electron chi connectivity index (χ4n) is 4.40. The van der Waals surface area contributed by atoms with Gasteiger partial charge in [0.1, 0.15) is 0 Å². The van der Waals surface area contributed by atoms with Gasteiger partial charge in [0.25, 0.3) is 5.91 Å². The van der Waals surface area contributed by atoms with Crippen LogP contribution in [0.1, 0.15) is 53.2 Å². The van der Waals surface area contributed by atoms with Gasteiger partial charge in [0.15, 0.2) is 5.82 Å². The van der Waals surface area contributed by atoms with E-state index in [0.717, 1.165) is 35.0 Å². The highest BCUT2D eigenvalue weighted by Crippen LogP contribution is 2.32. The predicted octanol–water partition coefficient (Wildman–Crippen LogP) is 5.46. The molecule has 0 bridgehead atoms. The van der Waals surface area contributed by atoms with E-state index in [9.17, 15) is 9.59 Å². The fourth-order valence-corrected chi connectivity index (χ4v) is 4.40. The number of amides is 1. The lowest BCUT2D eigenvalue weighted by Crippen LogP contribution is -2.35. The molecular weight excluding hydrogens is 438 g/mol. The molecule has 1 fully saturated rings. The van der Waals surface area contributed by atoms with Crippen molar-refractivity contribution in [1.82, 2.24) is 14.9 Å². The van der Waals surface area contributed by atoms with Crippen molar-refractivity contribution in [3.8, 4) is 11.1 Å². The van der Waals surface area contributed by atoms with Crippen LogP contribution in [0.4, 0.5) is 0 Å². The van der Waals surface area contributed by atoms with E-state index in [1.807, 2.05) is 29.7 Å². The molecule has 1 N–H and O–H groups in total. The van der Waals surface area contributed by atoms with Crippen LogP contribution in [-0.4, -0.2) is 34.1 Å². The zero-order valence-corrected chi connectivity index (χ0v) is 20.0. The Morgan fingerprint density at radius 2 is 1.74 bits per heavy atom. The Kier molecular flexibility index (Phi) is 6.36. The van der Waals surface area contributed by atoms with Crippen LogP contribution in [0.2, 0.25) is 0 Å². The number of benzene rings is 3. The molecule has 3 aromatic carbocycles. The maximum atomic E-state index is 13.2. The van der Waals surface area contributed by atoms with Crippen molar-refractivity contribution in [1.29, 1.82) is 0 Å². The number of imidazole rings is 1. The SMILES string of the molecule is CCOC(=O)c1ccc2nc(C(=O)N[C@H](C)C3CC3)n(Cc3ccc(-c4ccccc4)cc3)c2c1. The standard InChI is InChI=1S/C29H29N3O3/c1-3-35-29(34)24-15-16-25-26(17-24)32(27(31-25)28(33)30-19(2)21-13-14-21)18-20-9-11-23(12-10-20)22-7-5-4-6-8-22/h4-12,15-17,19,21H,3,13-14,18H2,1-2H3,(H,30,33)/t19-/m1/s1. The molecule has 0 spiro atoms. The van der Waals surface area contributed by atoms with Gasteiger partial charge in [-0.05, 0) is 67.5 Å². The summed E-state index contributed by atoms with van der Waals surface area (Å²) >= 11 is 0. The van der Waals surface area contributed by atoms with Gasteiger partial charge < -0.3 is 14.6 Å². The van der Waals surface area contributed by atoms with Gasteiger partial charge in [-0.25, -0.2) is 9.78 Å². The molecule has 1 aromatic heterocycles. The second-order valence-electron chi connectivity index (χ2n) is 9.11. The number of aromatic nitrogens is 2. The third kappa shape index (κ3) is 4.97. The first-order chi connectivity index (χ1) is 17.0. The topological polar surface area (TPSA) is 73.2 Å². The summed E-state index contributed by atoms with van der Waals surface area (Å²) in [5.41, 5.74) is 5.16. The first-order valence-electron chi connectivity index (χ1n) is 12.2. The second kappa shape index (κ2) is 9.74. The molecule has 0 unspecified atom stereocenters. The number of rotatable bonds is 8. The summed E-state index contributed by atoms with van der Waals surface area (Å²) in [6.45, 7) is 4.59. The molecule has 1 amide bonds. The van der Waals surface area contributed by atoms with Crippen molar-refractivity contribution in [2.24, 2.45) is 5.92 Å². The zero-order valence-electron chi connectivity index (χ0n) is 20.0. The molecule has 178 valence electrons. The molecule has 0 radical (unpaired) electrons. The lowest BCUT2D eigenvalue weighted by molar-refractivity contribution is 0.0526. The van der Waals surface area contributed by atoms with Gasteiger partial charge in [-0.1, -0.05) is 54.6 Å². The van der Waals surface area contributed by atoms with E-state index in [0.29, 0.717) is 36.0 Å². The Morgan fingerprint density at radius 1 is 1.03 bits per heavy atom. The van der Waals surface area contributed by atoms with Gasteiger partial charge in [-0.3, -0.25) is 4.79 Å². The Hall–Kier alpha value is -3.93. The third-order valence-electron chi connectivity index (χ3n) is 6.55. The molecule has 1 heterocycles. The number of nitrogens with one attached hydrogen (secondary N) is 1. The third-order valence-corrected chi connectivity index (χ3v) is 6.55. The van der Waals surface area contributed by atoms with Gasteiger partial charge in [-0.15, -0.1) is 0 Å². The Labute approximate surface area is 204 Å². The molecule has 5 rings (SSSR count). The summed E-state index contributed by atoms with van der Waals surface area (Å²) in [6.07, 6.45) is 2.29. The van der Waals surface area contributed by atoms with Crippen molar-refractivity contribution in [3.63, 3.8) is 0 Å². The van der Waals surface area contributed by atoms with Crippen molar-refractivity contribution in [2.75, 3.05) is 6.61 Å². The summed E-state index contributed by atoms with van der Waals surface area (Å²) in [4.78, 5) is 30.3. The van der Waals surface area contributed by atoms with Crippen LogP contribution >= 0.6 is 0 Å². The van der Waals surface area contributed by atoms with Crippen LogP contribution in [0.3, 0.4) is 0 Å². The zero-order chi connectivity index (χ0) is 24.4. The lowest BCUT2D eigenvalue weighted by Gasteiger charge is -2.14. The quantitative estimate of drug-likeness (QED) is 0.350. The lowest BCUT2D eigenvalue weighted by atomic mass is 10.0. The van der Waals surface area contributed by atoms with Crippen LogP contribution < -0.4 is 5.32 Å². The molecule has 4 aromatic rings. The highest BCUT2D eigenvalue weighted by atomic mass is 16.5. The van der Waals surface area contributed by atoms with Crippen LogP contribution in [0, 0.1) is 5.92 Å². The van der Waals surface area contributed by atoms with Gasteiger partial charge >= 0.3 is 5.97 Å². The van der Waals surface area contributed by atoms with Crippen LogP contribution in [-0.2, 0) is 11.3 Å². The van der Waals surface area contributed by atoms with E-state index in [2.05, 4.69) is 46.7 Å². The number of carbonyl (C=O) groups excluding carboxylic acids is 2. The first kappa shape index (κ1) is 22.8. The van der Waals surface area contributed by atoms with E-state index in [4.69, 9.17) is 4.74 Å². The average Bonchev–Trinajstić information content (AvgIpc) is 3.67. The minimum absolute atomic E-state index is 0.107. The molecule has 6 heteroatoms. The highest BCUT2D eigenvalue weighted by molar-refractivity contribution is 5.98. The van der Waals surface area contributed by atoms with Crippen LogP contribution in [0.15, 0.2) is 72.8 Å². The number of nitrogens with zero attached hydrogens (tertiary/aromatic N) is 2. The highest BCUT2D eigenvalue weighted by Gasteiger charge is 2.30. The van der Waals surface area contributed by atoms with E-state index in [1.54, 1.807) is 25.1 Å². The van der Waals surface area contributed by atoms with Crippen LogP contribution in [0.5, 0.6) is 0 Å².